The molecule has 29 heavy (non-hydrogen) atoms. The molecule has 154 valence electrons. The Morgan fingerprint density at radius 1 is 1.03 bits per heavy atom. The summed E-state index contributed by atoms with van der Waals surface area (Å²) >= 11 is 12.5. The van der Waals surface area contributed by atoms with Crippen molar-refractivity contribution in [2.45, 2.75) is 38.0 Å². The molecule has 3 rings (SSSR count). The molecule has 1 heterocycles. The van der Waals surface area contributed by atoms with Gasteiger partial charge in [0.1, 0.15) is 0 Å². The summed E-state index contributed by atoms with van der Waals surface area (Å²) in [6.07, 6.45) is 1.87. The van der Waals surface area contributed by atoms with Crippen LogP contribution in [0.5, 0.6) is 0 Å². The quantitative estimate of drug-likeness (QED) is 0.615. The molecule has 1 amide bonds. The van der Waals surface area contributed by atoms with Crippen LogP contribution < -0.4 is 5.32 Å². The van der Waals surface area contributed by atoms with Gasteiger partial charge in [0.15, 0.2) is 5.78 Å². The van der Waals surface area contributed by atoms with Crippen LogP contribution in [0.15, 0.2) is 42.5 Å². The number of rotatable bonds is 7. The summed E-state index contributed by atoms with van der Waals surface area (Å²) in [5.74, 6) is -0.164. The lowest BCUT2D eigenvalue weighted by Crippen LogP contribution is -2.44. The number of Topliss-reactive ketones (excluding diaryl/α,β-unsaturated/α-hetero) is 1. The molecule has 1 N–H and O–H groups in total. The Bertz CT molecular complexity index is 874. The fraction of sp³-hybridized carbons (Fsp3) is 0.391. The van der Waals surface area contributed by atoms with Gasteiger partial charge in [-0.2, -0.15) is 0 Å². The first-order valence-electron chi connectivity index (χ1n) is 9.79. The number of ketones is 1. The average molecular weight is 434 g/mol. The number of hydrogen-bond donors (Lipinski definition) is 1. The predicted molar refractivity (Wildman–Crippen MR) is 116 cm³/mol. The van der Waals surface area contributed by atoms with Crippen LogP contribution in [0.2, 0.25) is 10.0 Å². The number of carbonyl (C=O) groups excluding carboxylic acids is 2. The maximum atomic E-state index is 12.4. The molecule has 1 saturated heterocycles. The molecule has 0 spiro atoms. The zero-order valence-electron chi connectivity index (χ0n) is 16.5. The fourth-order valence-electron chi connectivity index (χ4n) is 3.69. The minimum atomic E-state index is -0.295. The molecule has 0 radical (unpaired) electrons. The largest absolute Gasteiger partial charge is 0.381 e. The molecule has 0 unspecified atom stereocenters. The number of nitrogens with one attached hydrogen (secondary N) is 1. The van der Waals surface area contributed by atoms with Crippen molar-refractivity contribution in [3.8, 4) is 0 Å². The molecule has 2 aromatic carbocycles. The van der Waals surface area contributed by atoms with E-state index in [-0.39, 0.29) is 29.9 Å². The van der Waals surface area contributed by atoms with Crippen LogP contribution in [-0.4, -0.2) is 31.4 Å². The lowest BCUT2D eigenvalue weighted by atomic mass is 9.74. The molecule has 6 heteroatoms. The van der Waals surface area contributed by atoms with E-state index in [0.717, 1.165) is 24.0 Å². The second-order valence-electron chi connectivity index (χ2n) is 7.58. The Kier molecular flexibility index (Phi) is 7.33. The summed E-state index contributed by atoms with van der Waals surface area (Å²) in [6, 6.07) is 12.9. The third-order valence-corrected chi connectivity index (χ3v) is 6.08. The van der Waals surface area contributed by atoms with E-state index in [1.165, 1.54) is 0 Å². The van der Waals surface area contributed by atoms with Gasteiger partial charge in [-0.1, -0.05) is 59.1 Å². The Balaban J connectivity index is 1.61. The minimum absolute atomic E-state index is 0.0262. The second kappa shape index (κ2) is 9.75. The number of ether oxygens (including phenoxy) is 1. The van der Waals surface area contributed by atoms with Gasteiger partial charge in [0.05, 0.1) is 0 Å². The normalized spacial score (nSPS) is 15.7. The average Bonchev–Trinajstić information content (AvgIpc) is 2.71. The number of halogens is 2. The van der Waals surface area contributed by atoms with Crippen LogP contribution in [0.25, 0.3) is 0 Å². The smallest absolute Gasteiger partial charge is 0.220 e. The molecule has 0 aliphatic carbocycles. The van der Waals surface area contributed by atoms with Crippen molar-refractivity contribution in [3.05, 3.63) is 69.2 Å². The molecule has 0 atom stereocenters. The first-order valence-corrected chi connectivity index (χ1v) is 10.6. The zero-order valence-corrected chi connectivity index (χ0v) is 18.0. The van der Waals surface area contributed by atoms with Crippen LogP contribution in [0.3, 0.4) is 0 Å². The molecule has 2 aromatic rings. The lowest BCUT2D eigenvalue weighted by Gasteiger charge is -2.38. The van der Waals surface area contributed by atoms with E-state index < -0.39 is 0 Å². The van der Waals surface area contributed by atoms with Gasteiger partial charge in [-0.15, -0.1) is 0 Å². The maximum Gasteiger partial charge on any atom is 0.220 e. The van der Waals surface area contributed by atoms with E-state index in [1.807, 2.05) is 31.2 Å². The van der Waals surface area contributed by atoms with Crippen molar-refractivity contribution in [2.24, 2.45) is 0 Å². The van der Waals surface area contributed by atoms with Gasteiger partial charge >= 0.3 is 0 Å². The summed E-state index contributed by atoms with van der Waals surface area (Å²) in [7, 11) is 0. The van der Waals surface area contributed by atoms with Crippen molar-refractivity contribution >= 4 is 34.9 Å². The Morgan fingerprint density at radius 2 is 1.72 bits per heavy atom. The van der Waals surface area contributed by atoms with Crippen molar-refractivity contribution in [1.82, 2.24) is 5.32 Å². The van der Waals surface area contributed by atoms with Crippen LogP contribution in [0.4, 0.5) is 0 Å². The zero-order chi connectivity index (χ0) is 20.9. The van der Waals surface area contributed by atoms with Gasteiger partial charge in [-0.05, 0) is 37.5 Å². The van der Waals surface area contributed by atoms with Gasteiger partial charge in [0.2, 0.25) is 5.91 Å². The van der Waals surface area contributed by atoms with E-state index >= 15 is 0 Å². The molecule has 0 saturated carbocycles. The summed E-state index contributed by atoms with van der Waals surface area (Å²) in [6.45, 7) is 3.65. The predicted octanol–water partition coefficient (Wildman–Crippen LogP) is 5.13. The highest BCUT2D eigenvalue weighted by molar-refractivity contribution is 6.35. The summed E-state index contributed by atoms with van der Waals surface area (Å²) < 4.78 is 5.53. The van der Waals surface area contributed by atoms with Gasteiger partial charge in [-0.3, -0.25) is 9.59 Å². The van der Waals surface area contributed by atoms with E-state index in [2.05, 4.69) is 5.32 Å². The molecule has 1 aliphatic rings. The van der Waals surface area contributed by atoms with Crippen molar-refractivity contribution in [2.75, 3.05) is 19.8 Å². The van der Waals surface area contributed by atoms with Crippen molar-refractivity contribution < 1.29 is 14.3 Å². The summed E-state index contributed by atoms with van der Waals surface area (Å²) in [5.41, 5.74) is 2.42. The van der Waals surface area contributed by atoms with E-state index in [1.54, 1.807) is 18.2 Å². The van der Waals surface area contributed by atoms with E-state index in [4.69, 9.17) is 27.9 Å². The van der Waals surface area contributed by atoms with Crippen LogP contribution >= 0.6 is 23.2 Å². The highest BCUT2D eigenvalue weighted by Gasteiger charge is 2.36. The van der Waals surface area contributed by atoms with Crippen LogP contribution in [0, 0.1) is 6.92 Å². The topological polar surface area (TPSA) is 55.4 Å². The van der Waals surface area contributed by atoms with Crippen molar-refractivity contribution in [3.63, 3.8) is 0 Å². The van der Waals surface area contributed by atoms with Gasteiger partial charge in [-0.25, -0.2) is 0 Å². The van der Waals surface area contributed by atoms with Gasteiger partial charge in [0.25, 0.3) is 0 Å². The molecule has 0 bridgehead atoms. The monoisotopic (exact) mass is 433 g/mol. The van der Waals surface area contributed by atoms with E-state index in [0.29, 0.717) is 35.4 Å². The molecule has 1 aliphatic heterocycles. The number of amides is 1. The first-order chi connectivity index (χ1) is 13.9. The van der Waals surface area contributed by atoms with Gasteiger partial charge < -0.3 is 10.1 Å². The fourth-order valence-corrected chi connectivity index (χ4v) is 4.30. The SMILES string of the molecule is Cc1ccc(C(=O)CCC(=O)NCC2(c3ccc(Cl)cc3Cl)CCOCC2)cc1. The second-order valence-corrected chi connectivity index (χ2v) is 8.43. The first kappa shape index (κ1) is 21.8. The minimum Gasteiger partial charge on any atom is -0.381 e. The molecule has 4 nitrogen and oxygen atoms in total. The lowest BCUT2D eigenvalue weighted by molar-refractivity contribution is -0.121. The van der Waals surface area contributed by atoms with Crippen LogP contribution in [-0.2, 0) is 14.9 Å². The molecule has 1 fully saturated rings. The molecule has 0 aromatic heterocycles. The Labute approximate surface area is 181 Å². The maximum absolute atomic E-state index is 12.4. The number of carbonyl (C=O) groups is 2. The summed E-state index contributed by atoms with van der Waals surface area (Å²) in [5, 5.41) is 4.19. The Hall–Kier alpha value is -1.88. The Morgan fingerprint density at radius 3 is 2.38 bits per heavy atom. The van der Waals surface area contributed by atoms with Crippen LogP contribution in [0.1, 0.15) is 47.2 Å². The number of aryl methyl sites for hydroxylation is 1. The van der Waals surface area contributed by atoms with E-state index in [9.17, 15) is 9.59 Å². The third kappa shape index (κ3) is 5.59. The van der Waals surface area contributed by atoms with Gasteiger partial charge in [0, 0.05) is 53.6 Å². The summed E-state index contributed by atoms with van der Waals surface area (Å²) in [4.78, 5) is 24.7. The molecular weight excluding hydrogens is 409 g/mol. The van der Waals surface area contributed by atoms with Crippen molar-refractivity contribution in [1.29, 1.82) is 0 Å². The number of benzene rings is 2. The highest BCUT2D eigenvalue weighted by atomic mass is 35.5. The highest BCUT2D eigenvalue weighted by Crippen LogP contribution is 2.39. The molecular formula is C23H25Cl2NO3. The third-order valence-electron chi connectivity index (χ3n) is 5.53. The number of hydrogen-bond acceptors (Lipinski definition) is 3. The standard InChI is InChI=1S/C23H25Cl2NO3/c1-16-2-4-17(5-3-16)21(27)8-9-22(28)26-15-23(10-12-29-13-11-23)19-7-6-18(24)14-20(19)25/h2-7,14H,8-13,15H2,1H3,(H,26,28).